The standard InChI is InChI=1S/C22H25NO3/c1-22(2,3)26-21(24)23-19(18-12-8-5-9-13-18)16-25-20(23)15-14-17-10-6-4-7-11-17/h4-15,19-20H,16H2,1-3H3/b15-14+/t19-,20+/m1/s1. The Morgan fingerprint density at radius 1 is 1.08 bits per heavy atom. The first kappa shape index (κ1) is 18.2. The maximum absolute atomic E-state index is 12.9. The van der Waals surface area contributed by atoms with Gasteiger partial charge < -0.3 is 9.47 Å². The van der Waals surface area contributed by atoms with Crippen molar-refractivity contribution in [1.82, 2.24) is 4.90 Å². The number of rotatable bonds is 3. The van der Waals surface area contributed by atoms with Crippen molar-refractivity contribution in [1.29, 1.82) is 0 Å². The van der Waals surface area contributed by atoms with Gasteiger partial charge in [0.2, 0.25) is 0 Å². The van der Waals surface area contributed by atoms with Crippen LogP contribution < -0.4 is 0 Å². The average molecular weight is 351 g/mol. The normalized spacial score (nSPS) is 20.5. The molecule has 0 radical (unpaired) electrons. The highest BCUT2D eigenvalue weighted by Gasteiger charge is 2.39. The molecular weight excluding hydrogens is 326 g/mol. The Balaban J connectivity index is 1.86. The monoisotopic (exact) mass is 351 g/mol. The summed E-state index contributed by atoms with van der Waals surface area (Å²) in [6, 6.07) is 19.7. The van der Waals surface area contributed by atoms with Gasteiger partial charge in [-0.15, -0.1) is 0 Å². The van der Waals surface area contributed by atoms with Crippen LogP contribution in [0, 0.1) is 0 Å². The molecule has 1 aliphatic heterocycles. The number of carbonyl (C=O) groups excluding carboxylic acids is 1. The summed E-state index contributed by atoms with van der Waals surface area (Å²) in [5, 5.41) is 0. The number of amides is 1. The summed E-state index contributed by atoms with van der Waals surface area (Å²) in [7, 11) is 0. The fourth-order valence-electron chi connectivity index (χ4n) is 2.91. The van der Waals surface area contributed by atoms with Crippen LogP contribution in [0.3, 0.4) is 0 Å². The Kier molecular flexibility index (Phi) is 5.43. The van der Waals surface area contributed by atoms with E-state index in [1.807, 2.05) is 93.6 Å². The lowest BCUT2D eigenvalue weighted by Crippen LogP contribution is -2.41. The molecule has 1 saturated heterocycles. The SMILES string of the molecule is CC(C)(C)OC(=O)N1[C@H](/C=C/c2ccccc2)OC[C@@H]1c1ccccc1. The van der Waals surface area contributed by atoms with Crippen molar-refractivity contribution in [3.63, 3.8) is 0 Å². The predicted molar refractivity (Wildman–Crippen MR) is 102 cm³/mol. The first-order valence-electron chi connectivity index (χ1n) is 8.85. The molecule has 2 aromatic carbocycles. The van der Waals surface area contributed by atoms with Crippen LogP contribution in [0.4, 0.5) is 4.79 Å². The lowest BCUT2D eigenvalue weighted by Gasteiger charge is -2.30. The lowest BCUT2D eigenvalue weighted by atomic mass is 10.1. The number of benzene rings is 2. The van der Waals surface area contributed by atoms with Crippen LogP contribution in [0.25, 0.3) is 6.08 Å². The number of hydrogen-bond donors (Lipinski definition) is 0. The molecule has 1 aliphatic rings. The third kappa shape index (κ3) is 4.52. The Morgan fingerprint density at radius 2 is 1.69 bits per heavy atom. The first-order valence-corrected chi connectivity index (χ1v) is 8.85. The van der Waals surface area contributed by atoms with E-state index in [2.05, 4.69) is 0 Å². The molecule has 0 saturated carbocycles. The van der Waals surface area contributed by atoms with Crippen LogP contribution >= 0.6 is 0 Å². The molecule has 0 N–H and O–H groups in total. The third-order valence-corrected chi connectivity index (χ3v) is 4.08. The van der Waals surface area contributed by atoms with Gasteiger partial charge in [-0.2, -0.15) is 0 Å². The summed E-state index contributed by atoms with van der Waals surface area (Å²) in [6.07, 6.45) is 3.04. The molecular formula is C22H25NO3. The largest absolute Gasteiger partial charge is 0.444 e. The fourth-order valence-corrected chi connectivity index (χ4v) is 2.91. The number of carbonyl (C=O) groups is 1. The highest BCUT2D eigenvalue weighted by molar-refractivity contribution is 5.70. The molecule has 136 valence electrons. The van der Waals surface area contributed by atoms with Crippen LogP contribution in [0.1, 0.15) is 37.9 Å². The van der Waals surface area contributed by atoms with Crippen LogP contribution in [0.2, 0.25) is 0 Å². The van der Waals surface area contributed by atoms with E-state index in [1.165, 1.54) is 0 Å². The Labute approximate surface area is 155 Å². The van der Waals surface area contributed by atoms with E-state index in [1.54, 1.807) is 4.90 Å². The lowest BCUT2D eigenvalue weighted by molar-refractivity contribution is 0.00112. The molecule has 0 aromatic heterocycles. The van der Waals surface area contributed by atoms with E-state index in [-0.39, 0.29) is 12.1 Å². The van der Waals surface area contributed by atoms with Gasteiger partial charge in [0.15, 0.2) is 6.23 Å². The molecule has 0 spiro atoms. The van der Waals surface area contributed by atoms with Gasteiger partial charge in [-0.3, -0.25) is 4.90 Å². The zero-order chi connectivity index (χ0) is 18.6. The smallest absolute Gasteiger partial charge is 0.413 e. The minimum Gasteiger partial charge on any atom is -0.444 e. The van der Waals surface area contributed by atoms with E-state index in [9.17, 15) is 4.79 Å². The zero-order valence-corrected chi connectivity index (χ0v) is 15.5. The summed E-state index contributed by atoms with van der Waals surface area (Å²) in [6.45, 7) is 6.05. The number of hydrogen-bond acceptors (Lipinski definition) is 3. The van der Waals surface area contributed by atoms with Gasteiger partial charge in [0, 0.05) is 0 Å². The highest BCUT2D eigenvalue weighted by Crippen LogP contribution is 2.32. The summed E-state index contributed by atoms with van der Waals surface area (Å²) in [5.74, 6) is 0. The molecule has 3 rings (SSSR count). The molecule has 2 atom stereocenters. The van der Waals surface area contributed by atoms with Gasteiger partial charge in [-0.25, -0.2) is 4.79 Å². The van der Waals surface area contributed by atoms with Crippen molar-refractivity contribution in [3.05, 3.63) is 77.9 Å². The fraction of sp³-hybridized carbons (Fsp3) is 0.318. The second kappa shape index (κ2) is 7.75. The Morgan fingerprint density at radius 3 is 2.31 bits per heavy atom. The molecule has 2 aromatic rings. The van der Waals surface area contributed by atoms with Gasteiger partial charge in [0.25, 0.3) is 0 Å². The van der Waals surface area contributed by atoms with Crippen molar-refractivity contribution in [2.75, 3.05) is 6.61 Å². The molecule has 0 bridgehead atoms. The van der Waals surface area contributed by atoms with Crippen LogP contribution in [-0.4, -0.2) is 29.4 Å². The van der Waals surface area contributed by atoms with Crippen LogP contribution in [0.15, 0.2) is 66.7 Å². The third-order valence-electron chi connectivity index (χ3n) is 4.08. The highest BCUT2D eigenvalue weighted by atomic mass is 16.6. The van der Waals surface area contributed by atoms with Gasteiger partial charge in [-0.1, -0.05) is 66.7 Å². The summed E-state index contributed by atoms with van der Waals surface area (Å²) < 4.78 is 11.6. The molecule has 0 aliphatic carbocycles. The summed E-state index contributed by atoms with van der Waals surface area (Å²) >= 11 is 0. The van der Waals surface area contributed by atoms with Crippen molar-refractivity contribution in [3.8, 4) is 0 Å². The zero-order valence-electron chi connectivity index (χ0n) is 15.5. The maximum Gasteiger partial charge on any atom is 0.413 e. The Bertz CT molecular complexity index is 750. The quantitative estimate of drug-likeness (QED) is 0.778. The minimum absolute atomic E-state index is 0.170. The van der Waals surface area contributed by atoms with E-state index in [4.69, 9.17) is 9.47 Å². The summed E-state index contributed by atoms with van der Waals surface area (Å²) in [4.78, 5) is 14.5. The second-order valence-electron chi connectivity index (χ2n) is 7.31. The molecule has 4 nitrogen and oxygen atoms in total. The maximum atomic E-state index is 12.9. The van der Waals surface area contributed by atoms with E-state index in [0.717, 1.165) is 11.1 Å². The van der Waals surface area contributed by atoms with Crippen molar-refractivity contribution in [2.24, 2.45) is 0 Å². The second-order valence-corrected chi connectivity index (χ2v) is 7.31. The molecule has 1 fully saturated rings. The van der Waals surface area contributed by atoms with E-state index < -0.39 is 11.8 Å². The Hall–Kier alpha value is -2.59. The van der Waals surface area contributed by atoms with Gasteiger partial charge >= 0.3 is 6.09 Å². The van der Waals surface area contributed by atoms with Gasteiger partial charge in [0.05, 0.1) is 12.6 Å². The summed E-state index contributed by atoms with van der Waals surface area (Å²) in [5.41, 5.74) is 1.53. The van der Waals surface area contributed by atoms with E-state index >= 15 is 0 Å². The van der Waals surface area contributed by atoms with Gasteiger partial charge in [-0.05, 0) is 38.0 Å². The molecule has 26 heavy (non-hydrogen) atoms. The van der Waals surface area contributed by atoms with Crippen LogP contribution in [-0.2, 0) is 9.47 Å². The number of nitrogens with zero attached hydrogens (tertiary/aromatic N) is 1. The molecule has 0 unspecified atom stereocenters. The van der Waals surface area contributed by atoms with Gasteiger partial charge in [0.1, 0.15) is 5.60 Å². The van der Waals surface area contributed by atoms with E-state index in [0.29, 0.717) is 6.61 Å². The van der Waals surface area contributed by atoms with Crippen LogP contribution in [0.5, 0.6) is 0 Å². The van der Waals surface area contributed by atoms with Crippen molar-refractivity contribution < 1.29 is 14.3 Å². The number of ether oxygens (including phenoxy) is 2. The molecule has 1 heterocycles. The van der Waals surface area contributed by atoms with Crippen molar-refractivity contribution >= 4 is 12.2 Å². The molecule has 4 heteroatoms. The van der Waals surface area contributed by atoms with Crippen molar-refractivity contribution in [2.45, 2.75) is 38.6 Å². The molecule has 1 amide bonds. The predicted octanol–water partition coefficient (Wildman–Crippen LogP) is 5.03. The topological polar surface area (TPSA) is 38.8 Å². The first-order chi connectivity index (χ1) is 12.4. The minimum atomic E-state index is -0.561. The average Bonchev–Trinajstić information content (AvgIpc) is 3.04.